The fraction of sp³-hybridized carbons (Fsp3) is 0.200. The van der Waals surface area contributed by atoms with Crippen molar-refractivity contribution in [1.29, 1.82) is 0 Å². The molecule has 3 aromatic rings. The number of amides is 1. The molecule has 1 amide bonds. The molecular weight excluding hydrogens is 318 g/mol. The number of fused-ring (bicyclic) bond motifs is 3. The molecule has 5 heteroatoms. The quantitative estimate of drug-likeness (QED) is 0.703. The molecular formula is C20H17NO4. The first-order chi connectivity index (χ1) is 12.1. The zero-order valence-corrected chi connectivity index (χ0v) is 13.4. The number of carboxylic acid groups (broad SMARTS) is 1. The lowest BCUT2D eigenvalue weighted by molar-refractivity contribution is -0.146. The summed E-state index contributed by atoms with van der Waals surface area (Å²) in [5, 5.41) is 14.2. The number of furan rings is 1. The second-order valence-corrected chi connectivity index (χ2v) is 6.29. The van der Waals surface area contributed by atoms with Crippen LogP contribution in [-0.2, 0) is 9.59 Å². The SMILES string of the molecule is O=C(O)[C@@H]1CC=CC[C@H]1C(=O)Nc1ccc2c(c1)oc1ccccc12. The van der Waals surface area contributed by atoms with Crippen LogP contribution in [0.15, 0.2) is 59.0 Å². The lowest BCUT2D eigenvalue weighted by atomic mass is 9.82. The maximum absolute atomic E-state index is 12.6. The molecule has 2 aromatic carbocycles. The molecule has 1 aliphatic carbocycles. The van der Waals surface area contributed by atoms with Crippen LogP contribution in [0.4, 0.5) is 5.69 Å². The highest BCUT2D eigenvalue weighted by Crippen LogP contribution is 2.31. The van der Waals surface area contributed by atoms with E-state index in [9.17, 15) is 14.7 Å². The Bertz CT molecular complexity index is 1000. The summed E-state index contributed by atoms with van der Waals surface area (Å²) in [6, 6.07) is 13.3. The van der Waals surface area contributed by atoms with Crippen LogP contribution < -0.4 is 5.32 Å². The van der Waals surface area contributed by atoms with Gasteiger partial charge >= 0.3 is 5.97 Å². The van der Waals surface area contributed by atoms with Gasteiger partial charge in [0, 0.05) is 22.5 Å². The Hall–Kier alpha value is -3.08. The summed E-state index contributed by atoms with van der Waals surface area (Å²) in [5.74, 6) is -2.45. The van der Waals surface area contributed by atoms with Gasteiger partial charge in [-0.05, 0) is 31.0 Å². The van der Waals surface area contributed by atoms with Gasteiger partial charge in [-0.2, -0.15) is 0 Å². The molecule has 126 valence electrons. The average molecular weight is 335 g/mol. The van der Waals surface area contributed by atoms with E-state index in [0.29, 0.717) is 24.1 Å². The van der Waals surface area contributed by atoms with Crippen LogP contribution in [0.2, 0.25) is 0 Å². The van der Waals surface area contributed by atoms with Crippen molar-refractivity contribution in [2.24, 2.45) is 11.8 Å². The number of anilines is 1. The highest BCUT2D eigenvalue weighted by atomic mass is 16.4. The number of para-hydroxylation sites is 1. The number of nitrogens with one attached hydrogen (secondary N) is 1. The minimum Gasteiger partial charge on any atom is -0.481 e. The molecule has 2 N–H and O–H groups in total. The highest BCUT2D eigenvalue weighted by molar-refractivity contribution is 6.06. The number of allylic oxidation sites excluding steroid dienone is 2. The van der Waals surface area contributed by atoms with Gasteiger partial charge in [-0.1, -0.05) is 30.4 Å². The molecule has 0 aliphatic heterocycles. The van der Waals surface area contributed by atoms with Crippen LogP contribution in [0.1, 0.15) is 12.8 Å². The van der Waals surface area contributed by atoms with Crippen LogP contribution in [-0.4, -0.2) is 17.0 Å². The number of hydrogen-bond acceptors (Lipinski definition) is 3. The van der Waals surface area contributed by atoms with E-state index in [4.69, 9.17) is 4.42 Å². The molecule has 4 rings (SSSR count). The Balaban J connectivity index is 1.61. The van der Waals surface area contributed by atoms with Gasteiger partial charge < -0.3 is 14.8 Å². The summed E-state index contributed by atoms with van der Waals surface area (Å²) in [4.78, 5) is 23.9. The molecule has 1 aromatic heterocycles. The van der Waals surface area contributed by atoms with Gasteiger partial charge in [-0.3, -0.25) is 9.59 Å². The van der Waals surface area contributed by atoms with Gasteiger partial charge in [0.05, 0.1) is 11.8 Å². The van der Waals surface area contributed by atoms with Crippen LogP contribution >= 0.6 is 0 Å². The van der Waals surface area contributed by atoms with Crippen molar-refractivity contribution in [2.75, 3.05) is 5.32 Å². The monoisotopic (exact) mass is 335 g/mol. The zero-order chi connectivity index (χ0) is 17.4. The molecule has 2 atom stereocenters. The molecule has 0 spiro atoms. The van der Waals surface area contributed by atoms with Crippen molar-refractivity contribution >= 4 is 39.5 Å². The van der Waals surface area contributed by atoms with Gasteiger partial charge in [0.25, 0.3) is 0 Å². The van der Waals surface area contributed by atoms with Crippen molar-refractivity contribution in [3.8, 4) is 0 Å². The summed E-state index contributed by atoms with van der Waals surface area (Å²) in [7, 11) is 0. The minimum absolute atomic E-state index is 0.271. The normalized spacial score (nSPS) is 20.0. The number of rotatable bonds is 3. The van der Waals surface area contributed by atoms with Gasteiger partial charge in [-0.25, -0.2) is 0 Å². The summed E-state index contributed by atoms with van der Waals surface area (Å²) >= 11 is 0. The first-order valence-corrected chi connectivity index (χ1v) is 8.23. The lowest BCUT2D eigenvalue weighted by Crippen LogP contribution is -2.34. The minimum atomic E-state index is -0.933. The van der Waals surface area contributed by atoms with Gasteiger partial charge in [-0.15, -0.1) is 0 Å². The predicted octanol–water partition coefficient (Wildman–Crippen LogP) is 4.19. The number of carboxylic acids is 1. The van der Waals surface area contributed by atoms with Crippen molar-refractivity contribution in [3.05, 3.63) is 54.6 Å². The van der Waals surface area contributed by atoms with E-state index in [0.717, 1.165) is 16.4 Å². The standard InChI is InChI=1S/C20H17NO4/c22-19(15-6-1-2-7-16(15)20(23)24)21-12-9-10-14-13-5-3-4-8-17(13)25-18(14)11-12/h1-5,8-11,15-16H,6-7H2,(H,21,22)(H,23,24)/t15-,16-/m1/s1. The van der Waals surface area contributed by atoms with Crippen molar-refractivity contribution in [1.82, 2.24) is 0 Å². The lowest BCUT2D eigenvalue weighted by Gasteiger charge is -2.24. The summed E-state index contributed by atoms with van der Waals surface area (Å²) < 4.78 is 5.82. The molecule has 0 saturated carbocycles. The van der Waals surface area contributed by atoms with Crippen LogP contribution in [0, 0.1) is 11.8 Å². The molecule has 0 unspecified atom stereocenters. The van der Waals surface area contributed by atoms with E-state index in [1.54, 1.807) is 6.07 Å². The molecule has 0 bridgehead atoms. The Morgan fingerprint density at radius 2 is 1.68 bits per heavy atom. The van der Waals surface area contributed by atoms with Crippen molar-refractivity contribution < 1.29 is 19.1 Å². The molecule has 0 radical (unpaired) electrons. The van der Waals surface area contributed by atoms with E-state index in [1.807, 2.05) is 48.6 Å². The third-order valence-electron chi connectivity index (χ3n) is 4.73. The molecule has 1 heterocycles. The second-order valence-electron chi connectivity index (χ2n) is 6.29. The second kappa shape index (κ2) is 6.09. The number of carbonyl (C=O) groups is 2. The Kier molecular flexibility index (Phi) is 3.76. The van der Waals surface area contributed by atoms with Crippen molar-refractivity contribution in [2.45, 2.75) is 12.8 Å². The fourth-order valence-electron chi connectivity index (χ4n) is 3.42. The van der Waals surface area contributed by atoms with E-state index in [2.05, 4.69) is 5.32 Å². The van der Waals surface area contributed by atoms with Gasteiger partial charge in [0.2, 0.25) is 5.91 Å². The number of aliphatic carboxylic acids is 1. The number of benzene rings is 2. The van der Waals surface area contributed by atoms with Gasteiger partial charge in [0.1, 0.15) is 11.2 Å². The molecule has 0 fully saturated rings. The Morgan fingerprint density at radius 3 is 2.48 bits per heavy atom. The van der Waals surface area contributed by atoms with Crippen molar-refractivity contribution in [3.63, 3.8) is 0 Å². The Morgan fingerprint density at radius 1 is 0.960 bits per heavy atom. The summed E-state index contributed by atoms with van der Waals surface area (Å²) in [6.07, 6.45) is 4.51. The van der Waals surface area contributed by atoms with Crippen LogP contribution in [0.5, 0.6) is 0 Å². The Labute approximate surface area is 143 Å². The number of hydrogen-bond donors (Lipinski definition) is 2. The maximum Gasteiger partial charge on any atom is 0.307 e. The van der Waals surface area contributed by atoms with E-state index in [-0.39, 0.29) is 5.91 Å². The topological polar surface area (TPSA) is 79.5 Å². The average Bonchev–Trinajstić information content (AvgIpc) is 2.99. The largest absolute Gasteiger partial charge is 0.481 e. The molecule has 1 aliphatic rings. The van der Waals surface area contributed by atoms with Crippen LogP contribution in [0.25, 0.3) is 21.9 Å². The molecule has 25 heavy (non-hydrogen) atoms. The van der Waals surface area contributed by atoms with E-state index < -0.39 is 17.8 Å². The predicted molar refractivity (Wildman–Crippen MR) is 95.3 cm³/mol. The van der Waals surface area contributed by atoms with Gasteiger partial charge in [0.15, 0.2) is 0 Å². The molecule has 0 saturated heterocycles. The fourth-order valence-corrected chi connectivity index (χ4v) is 3.42. The first-order valence-electron chi connectivity index (χ1n) is 8.23. The third-order valence-corrected chi connectivity index (χ3v) is 4.73. The smallest absolute Gasteiger partial charge is 0.307 e. The summed E-state index contributed by atoms with van der Waals surface area (Å²) in [5.41, 5.74) is 2.09. The zero-order valence-electron chi connectivity index (χ0n) is 13.4. The maximum atomic E-state index is 12.6. The highest BCUT2D eigenvalue weighted by Gasteiger charge is 2.33. The number of carbonyl (C=O) groups excluding carboxylic acids is 1. The van der Waals surface area contributed by atoms with E-state index >= 15 is 0 Å². The van der Waals surface area contributed by atoms with E-state index in [1.165, 1.54) is 0 Å². The molecule has 5 nitrogen and oxygen atoms in total. The summed E-state index contributed by atoms with van der Waals surface area (Å²) in [6.45, 7) is 0. The third kappa shape index (κ3) is 2.78. The first kappa shape index (κ1) is 15.4. The van der Waals surface area contributed by atoms with Crippen LogP contribution in [0.3, 0.4) is 0 Å².